The predicted molar refractivity (Wildman–Crippen MR) is 203 cm³/mol. The summed E-state index contributed by atoms with van der Waals surface area (Å²) < 4.78 is 10.3. The minimum absolute atomic E-state index is 1.21. The van der Waals surface area contributed by atoms with Gasteiger partial charge in [-0.3, -0.25) is 0 Å². The molecule has 0 atom stereocenters. The van der Waals surface area contributed by atoms with E-state index in [2.05, 4.69) is 153 Å². The van der Waals surface area contributed by atoms with Crippen LogP contribution in [0.2, 0.25) is 0 Å². The van der Waals surface area contributed by atoms with E-state index in [0.717, 1.165) is 0 Å². The summed E-state index contributed by atoms with van der Waals surface area (Å²) in [7, 11) is 0. The molecule has 46 heavy (non-hydrogen) atoms. The van der Waals surface area contributed by atoms with E-state index in [0.29, 0.717) is 0 Å². The lowest BCUT2D eigenvalue weighted by molar-refractivity contribution is 1.18. The van der Waals surface area contributed by atoms with Crippen LogP contribution in [0.25, 0.3) is 84.2 Å². The van der Waals surface area contributed by atoms with Crippen molar-refractivity contribution in [2.24, 2.45) is 0 Å². The molecule has 0 aliphatic heterocycles. The summed E-state index contributed by atoms with van der Waals surface area (Å²) in [5.41, 5.74) is 12.6. The van der Waals surface area contributed by atoms with Gasteiger partial charge in [0.15, 0.2) is 0 Å². The molecule has 10 aromatic rings. The Hall–Kier alpha value is -4.72. The van der Waals surface area contributed by atoms with Crippen molar-refractivity contribution in [2.75, 3.05) is 0 Å². The Morgan fingerprint density at radius 3 is 1.15 bits per heavy atom. The maximum atomic E-state index is 2.40. The molecule has 0 bridgehead atoms. The minimum atomic E-state index is 1.21. The number of nitrogens with zero attached hydrogens (tertiary/aromatic N) is 2. The van der Waals surface area contributed by atoms with Gasteiger partial charge in [0.2, 0.25) is 0 Å². The Kier molecular flexibility index (Phi) is 5.99. The van der Waals surface area contributed by atoms with E-state index in [4.69, 9.17) is 0 Å². The Morgan fingerprint density at radius 1 is 0.348 bits per heavy atom. The zero-order chi connectivity index (χ0) is 30.2. The van der Waals surface area contributed by atoms with E-state index >= 15 is 0 Å². The summed E-state index contributed by atoms with van der Waals surface area (Å²) in [6.07, 6.45) is 0. The molecule has 0 saturated carbocycles. The molecule has 10 rings (SSSR count). The van der Waals surface area contributed by atoms with E-state index in [9.17, 15) is 0 Å². The van der Waals surface area contributed by atoms with E-state index in [1.807, 2.05) is 45.3 Å². The van der Waals surface area contributed by atoms with Gasteiger partial charge in [0.1, 0.15) is 0 Å². The van der Waals surface area contributed by atoms with Crippen molar-refractivity contribution in [3.63, 3.8) is 0 Å². The molecule has 2 nitrogen and oxygen atoms in total. The van der Waals surface area contributed by atoms with Gasteiger partial charge in [0.05, 0.1) is 40.9 Å². The van der Waals surface area contributed by atoms with E-state index in [1.165, 1.54) is 84.2 Å². The molecule has 0 unspecified atom stereocenters. The highest BCUT2D eigenvalue weighted by Gasteiger charge is 2.19. The van der Waals surface area contributed by atoms with Crippen molar-refractivity contribution in [3.8, 4) is 43.4 Å². The summed E-state index contributed by atoms with van der Waals surface area (Å²) in [6, 6.07) is 48.7. The third-order valence-electron chi connectivity index (χ3n) is 8.79. The lowest BCUT2D eigenvalue weighted by atomic mass is 10.0. The first-order chi connectivity index (χ1) is 22.8. The molecule has 218 valence electrons. The lowest BCUT2D eigenvalue weighted by Crippen LogP contribution is -1.91. The molecular formula is C40H24N2S4. The Morgan fingerprint density at radius 2 is 0.739 bits per heavy atom. The van der Waals surface area contributed by atoms with Crippen LogP contribution in [0.1, 0.15) is 0 Å². The van der Waals surface area contributed by atoms with E-state index < -0.39 is 0 Å². The van der Waals surface area contributed by atoms with Crippen LogP contribution in [0.5, 0.6) is 0 Å². The fourth-order valence-electron chi connectivity index (χ4n) is 6.63. The van der Waals surface area contributed by atoms with Crippen molar-refractivity contribution >= 4 is 86.2 Å². The van der Waals surface area contributed by atoms with Crippen LogP contribution in [0, 0.1) is 0 Å². The summed E-state index contributed by atoms with van der Waals surface area (Å²) in [6.45, 7) is 0. The van der Waals surface area contributed by atoms with Gasteiger partial charge in [-0.25, -0.2) is 0 Å². The largest absolute Gasteiger partial charge is 0.307 e. The van der Waals surface area contributed by atoms with Gasteiger partial charge in [-0.05, 0) is 81.5 Å². The maximum Gasteiger partial charge on any atom is 0.0711 e. The second kappa shape index (κ2) is 10.4. The second-order valence-electron chi connectivity index (χ2n) is 11.4. The minimum Gasteiger partial charge on any atom is -0.307 e. The molecule has 0 N–H and O–H groups in total. The van der Waals surface area contributed by atoms with Crippen molar-refractivity contribution in [1.82, 2.24) is 9.13 Å². The second-order valence-corrected chi connectivity index (χ2v) is 15.4. The number of benzene rings is 4. The average molecular weight is 661 g/mol. The molecule has 0 amide bonds. The zero-order valence-corrected chi connectivity index (χ0v) is 27.6. The first-order valence-corrected chi connectivity index (χ1v) is 18.5. The number of thiophene rings is 4. The third-order valence-corrected chi connectivity index (χ3v) is 13.3. The van der Waals surface area contributed by atoms with Crippen LogP contribution in [0.4, 0.5) is 0 Å². The fraction of sp³-hybridized carbons (Fsp3) is 0. The molecule has 0 aliphatic rings. The van der Waals surface area contributed by atoms with Crippen LogP contribution in [0.3, 0.4) is 0 Å². The van der Waals surface area contributed by atoms with Crippen LogP contribution >= 0.6 is 45.3 Å². The van der Waals surface area contributed by atoms with Gasteiger partial charge < -0.3 is 9.13 Å². The lowest BCUT2D eigenvalue weighted by Gasteiger charge is -2.06. The van der Waals surface area contributed by atoms with Crippen LogP contribution < -0.4 is 0 Å². The number of fused-ring (bicyclic) bond motifs is 6. The van der Waals surface area contributed by atoms with Gasteiger partial charge >= 0.3 is 0 Å². The number of hydrogen-bond donors (Lipinski definition) is 0. The van der Waals surface area contributed by atoms with Crippen molar-refractivity contribution < 1.29 is 0 Å². The first-order valence-electron chi connectivity index (χ1n) is 15.2. The standard InChI is InChI=1S/C40H24N2S4/c1-3-7-29(8-4-1)41-31-19-21-43-37(31)39-33(41)23-35(45-39)27-15-11-25(12-16-27)26-13-17-28(18-14-26)36-24-34-40(46-36)38-32(20-22-44-38)42(34)30-9-5-2-6-10-30/h1-24H. The smallest absolute Gasteiger partial charge is 0.0711 e. The summed E-state index contributed by atoms with van der Waals surface area (Å²) in [5.74, 6) is 0. The Balaban J connectivity index is 0.969. The molecule has 6 heteroatoms. The van der Waals surface area contributed by atoms with E-state index in [1.54, 1.807) is 0 Å². The molecule has 0 radical (unpaired) electrons. The van der Waals surface area contributed by atoms with Crippen molar-refractivity contribution in [2.45, 2.75) is 0 Å². The first kappa shape index (κ1) is 26.5. The van der Waals surface area contributed by atoms with Gasteiger partial charge in [-0.2, -0.15) is 0 Å². The SMILES string of the molecule is c1ccc(-n2c3ccsc3c3sc(-c4ccc(-c5ccc(-c6cc7c(s6)c6sccc6n7-c6ccccc6)cc5)cc4)cc32)cc1. The maximum absolute atomic E-state index is 2.40. The molecule has 4 aromatic carbocycles. The van der Waals surface area contributed by atoms with Gasteiger partial charge in [0.25, 0.3) is 0 Å². The molecular weight excluding hydrogens is 637 g/mol. The molecule has 6 aromatic heterocycles. The third kappa shape index (κ3) is 4.05. The fourth-order valence-corrected chi connectivity index (χ4v) is 11.0. The molecule has 0 aliphatic carbocycles. The number of aromatic nitrogens is 2. The van der Waals surface area contributed by atoms with Crippen LogP contribution in [-0.4, -0.2) is 9.13 Å². The van der Waals surface area contributed by atoms with Gasteiger partial charge in [0, 0.05) is 21.1 Å². The highest BCUT2D eigenvalue weighted by atomic mass is 32.1. The number of rotatable bonds is 5. The van der Waals surface area contributed by atoms with Crippen LogP contribution in [0.15, 0.2) is 144 Å². The monoisotopic (exact) mass is 660 g/mol. The summed E-state index contributed by atoms with van der Waals surface area (Å²) in [5, 5.41) is 4.40. The Bertz CT molecular complexity index is 2470. The predicted octanol–water partition coefficient (Wildman–Crippen LogP) is 13.1. The quantitative estimate of drug-likeness (QED) is 0.174. The summed E-state index contributed by atoms with van der Waals surface area (Å²) >= 11 is 7.45. The summed E-state index contributed by atoms with van der Waals surface area (Å²) in [4.78, 5) is 2.60. The van der Waals surface area contributed by atoms with Crippen LogP contribution in [-0.2, 0) is 0 Å². The van der Waals surface area contributed by atoms with Gasteiger partial charge in [-0.15, -0.1) is 45.3 Å². The zero-order valence-electron chi connectivity index (χ0n) is 24.4. The molecule has 0 saturated heterocycles. The highest BCUT2D eigenvalue weighted by Crippen LogP contribution is 2.45. The van der Waals surface area contributed by atoms with E-state index in [-0.39, 0.29) is 0 Å². The Labute approximate surface area is 281 Å². The topological polar surface area (TPSA) is 9.86 Å². The highest BCUT2D eigenvalue weighted by molar-refractivity contribution is 7.29. The normalized spacial score (nSPS) is 11.9. The number of para-hydroxylation sites is 2. The molecule has 0 fully saturated rings. The molecule has 6 heterocycles. The number of hydrogen-bond acceptors (Lipinski definition) is 4. The van der Waals surface area contributed by atoms with Gasteiger partial charge in [-0.1, -0.05) is 84.9 Å². The average Bonchev–Trinajstić information content (AvgIpc) is 3.95. The van der Waals surface area contributed by atoms with Crippen molar-refractivity contribution in [3.05, 3.63) is 144 Å². The van der Waals surface area contributed by atoms with Crippen molar-refractivity contribution in [1.29, 1.82) is 0 Å². The molecule has 0 spiro atoms.